The van der Waals surface area contributed by atoms with E-state index in [4.69, 9.17) is 0 Å². The number of carboxylic acid groups (broad SMARTS) is 1. The molecule has 0 radical (unpaired) electrons. The normalized spacial score (nSPS) is 19.9. The summed E-state index contributed by atoms with van der Waals surface area (Å²) in [6, 6.07) is -1.46. The fraction of sp³-hybridized carbons (Fsp3) is 0.889. The van der Waals surface area contributed by atoms with Crippen LogP contribution in [0.3, 0.4) is 0 Å². The molecule has 1 aliphatic carbocycles. The number of piperidine rings is 2. The zero-order chi connectivity index (χ0) is 28.1. The van der Waals surface area contributed by atoms with Crippen molar-refractivity contribution in [2.45, 2.75) is 94.8 Å². The fourth-order valence-corrected chi connectivity index (χ4v) is 7.79. The Morgan fingerprint density at radius 1 is 0.780 bits per heavy atom. The topological polar surface area (TPSA) is 166 Å². The molecule has 0 spiro atoms. The summed E-state index contributed by atoms with van der Waals surface area (Å²) >= 11 is 0. The predicted octanol–water partition coefficient (Wildman–Crippen LogP) is 1.94. The number of sulfonamides is 1. The summed E-state index contributed by atoms with van der Waals surface area (Å²) in [5, 5.41) is 20.9. The van der Waals surface area contributed by atoms with E-state index in [0.717, 1.165) is 96.8 Å². The van der Waals surface area contributed by atoms with Crippen molar-refractivity contribution in [3.63, 3.8) is 0 Å². The summed E-state index contributed by atoms with van der Waals surface area (Å²) in [7, 11) is -3.80. The molecule has 0 aromatic rings. The smallest absolute Gasteiger partial charge is 0.323 e. The summed E-state index contributed by atoms with van der Waals surface area (Å²) in [5.41, 5.74) is 0. The van der Waals surface area contributed by atoms with E-state index < -0.39 is 33.2 Å². The van der Waals surface area contributed by atoms with Crippen molar-refractivity contribution >= 4 is 52.6 Å². The van der Waals surface area contributed by atoms with Gasteiger partial charge in [-0.1, -0.05) is 19.3 Å². The maximum absolute atomic E-state index is 13.1. The molecule has 2 heterocycles. The minimum Gasteiger partial charge on any atom is -0.480 e. The first-order valence-corrected chi connectivity index (χ1v) is 16.5. The Hall–Kier alpha value is -1.18. The van der Waals surface area contributed by atoms with Crippen LogP contribution >= 0.6 is 24.8 Å². The van der Waals surface area contributed by atoms with Crippen LogP contribution in [0.25, 0.3) is 0 Å². The van der Waals surface area contributed by atoms with Gasteiger partial charge in [-0.25, -0.2) is 8.42 Å². The van der Waals surface area contributed by atoms with Crippen LogP contribution in [-0.4, -0.2) is 81.9 Å². The molecule has 2 amide bonds. The Balaban J connectivity index is 0.00000420. The number of rotatable bonds is 15. The third-order valence-corrected chi connectivity index (χ3v) is 10.6. The molecule has 240 valence electrons. The van der Waals surface area contributed by atoms with Gasteiger partial charge in [0.15, 0.2) is 0 Å². The molecular weight excluding hydrogens is 593 g/mol. The average molecular weight is 645 g/mol. The predicted molar refractivity (Wildman–Crippen MR) is 164 cm³/mol. The number of carboxylic acids is 1. The third-order valence-electron chi connectivity index (χ3n) is 8.66. The van der Waals surface area contributed by atoms with E-state index in [-0.39, 0.29) is 49.7 Å². The Morgan fingerprint density at radius 3 is 1.78 bits per heavy atom. The van der Waals surface area contributed by atoms with Gasteiger partial charge in [-0.3, -0.25) is 14.4 Å². The highest BCUT2D eigenvalue weighted by atomic mass is 35.5. The molecule has 3 fully saturated rings. The molecule has 11 nitrogen and oxygen atoms in total. The van der Waals surface area contributed by atoms with Gasteiger partial charge in [0.25, 0.3) is 0 Å². The van der Waals surface area contributed by atoms with Crippen molar-refractivity contribution in [2.24, 2.45) is 17.8 Å². The molecule has 6 N–H and O–H groups in total. The van der Waals surface area contributed by atoms with Crippen molar-refractivity contribution in [3.05, 3.63) is 0 Å². The monoisotopic (exact) mass is 643 g/mol. The zero-order valence-electron chi connectivity index (χ0n) is 24.0. The lowest BCUT2D eigenvalue weighted by Gasteiger charge is -2.27. The van der Waals surface area contributed by atoms with Crippen LogP contribution in [0.1, 0.15) is 83.5 Å². The van der Waals surface area contributed by atoms with Crippen molar-refractivity contribution in [3.8, 4) is 0 Å². The van der Waals surface area contributed by atoms with Crippen molar-refractivity contribution in [1.82, 2.24) is 26.0 Å². The number of carbonyl (C=O) groups is 3. The van der Waals surface area contributed by atoms with E-state index in [1.165, 1.54) is 0 Å². The highest BCUT2D eigenvalue weighted by molar-refractivity contribution is 7.90. The Morgan fingerprint density at radius 2 is 1.29 bits per heavy atom. The molecule has 3 rings (SSSR count). The second-order valence-corrected chi connectivity index (χ2v) is 13.6. The molecule has 41 heavy (non-hydrogen) atoms. The zero-order valence-corrected chi connectivity index (χ0v) is 26.5. The van der Waals surface area contributed by atoms with E-state index in [1.54, 1.807) is 0 Å². The first kappa shape index (κ1) is 37.8. The molecular formula is C27H51Cl2N5O6S. The van der Waals surface area contributed by atoms with Crippen molar-refractivity contribution in [2.75, 3.05) is 39.3 Å². The van der Waals surface area contributed by atoms with Gasteiger partial charge in [-0.05, 0) is 102 Å². The highest BCUT2D eigenvalue weighted by Crippen LogP contribution is 2.27. The van der Waals surface area contributed by atoms with Crippen LogP contribution in [-0.2, 0) is 24.4 Å². The highest BCUT2D eigenvalue weighted by Gasteiger charge is 2.32. The second-order valence-electron chi connectivity index (χ2n) is 11.6. The minimum atomic E-state index is -3.80. The second kappa shape index (κ2) is 19.9. The molecule has 2 aliphatic heterocycles. The lowest BCUT2D eigenvalue weighted by atomic mass is 9.84. The maximum Gasteiger partial charge on any atom is 0.323 e. The van der Waals surface area contributed by atoms with Gasteiger partial charge >= 0.3 is 5.97 Å². The molecule has 1 saturated carbocycles. The largest absolute Gasteiger partial charge is 0.480 e. The fourth-order valence-electron chi connectivity index (χ4n) is 6.06. The van der Waals surface area contributed by atoms with Crippen LogP contribution in [0.2, 0.25) is 0 Å². The number of aliphatic carboxylic acids is 1. The average Bonchev–Trinajstić information content (AvgIpc) is 2.95. The SMILES string of the molecule is Cl.Cl.O=C(CNC(=O)C(CCC1CCNCC1)CCC1CCNCC1)NCC(NS(=O)(=O)C1CCCCC1)C(=O)O. The number of halogens is 2. The number of carbonyl (C=O) groups excluding carboxylic acids is 2. The summed E-state index contributed by atoms with van der Waals surface area (Å²) in [4.78, 5) is 37.2. The molecule has 0 bridgehead atoms. The van der Waals surface area contributed by atoms with Gasteiger partial charge in [0, 0.05) is 12.5 Å². The number of hydrogen-bond donors (Lipinski definition) is 6. The van der Waals surface area contributed by atoms with Crippen LogP contribution < -0.4 is 26.0 Å². The van der Waals surface area contributed by atoms with E-state index in [2.05, 4.69) is 26.0 Å². The van der Waals surface area contributed by atoms with Crippen molar-refractivity contribution < 1.29 is 27.9 Å². The molecule has 0 aromatic heterocycles. The van der Waals surface area contributed by atoms with Gasteiger partial charge < -0.3 is 26.4 Å². The van der Waals surface area contributed by atoms with Gasteiger partial charge in [0.2, 0.25) is 21.8 Å². The molecule has 0 aromatic carbocycles. The van der Waals surface area contributed by atoms with Crippen LogP contribution in [0.15, 0.2) is 0 Å². The van der Waals surface area contributed by atoms with Crippen molar-refractivity contribution in [1.29, 1.82) is 0 Å². The Bertz CT molecular complexity index is 873. The van der Waals surface area contributed by atoms with E-state index >= 15 is 0 Å². The summed E-state index contributed by atoms with van der Waals surface area (Å²) in [6.07, 6.45) is 11.7. The number of amides is 2. The number of hydrogen-bond acceptors (Lipinski definition) is 7. The summed E-state index contributed by atoms with van der Waals surface area (Å²) < 4.78 is 27.5. The summed E-state index contributed by atoms with van der Waals surface area (Å²) in [5.74, 6) is -0.947. The molecule has 1 unspecified atom stereocenters. The van der Waals surface area contributed by atoms with Crippen LogP contribution in [0.5, 0.6) is 0 Å². The maximum atomic E-state index is 13.1. The minimum absolute atomic E-state index is 0. The van der Waals surface area contributed by atoms with Gasteiger partial charge in [-0.2, -0.15) is 4.72 Å². The standard InChI is InChI=1S/C27H49N5O6S.2ClH/c33-25(30-18-24(27(35)36)32-39(37,38)23-4-2-1-3-5-23)19-31-26(34)22(8-6-20-10-14-28-15-11-20)9-7-21-12-16-29-17-13-21;;/h20-24,28-29,32H,1-19H2,(H,30,33)(H,31,34)(H,35,36);2*1H. The molecule has 14 heteroatoms. The van der Waals surface area contributed by atoms with Crippen LogP contribution in [0, 0.1) is 17.8 Å². The molecule has 2 saturated heterocycles. The first-order chi connectivity index (χ1) is 18.7. The van der Waals surface area contributed by atoms with Gasteiger partial charge in [0.05, 0.1) is 11.8 Å². The Kier molecular flexibility index (Phi) is 18.4. The molecule has 3 aliphatic rings. The van der Waals surface area contributed by atoms with E-state index in [0.29, 0.717) is 24.7 Å². The van der Waals surface area contributed by atoms with Crippen LogP contribution in [0.4, 0.5) is 0 Å². The molecule has 1 atom stereocenters. The lowest BCUT2D eigenvalue weighted by molar-refractivity contribution is -0.139. The van der Waals surface area contributed by atoms with Gasteiger partial charge in [-0.15, -0.1) is 24.8 Å². The van der Waals surface area contributed by atoms with E-state index in [9.17, 15) is 27.9 Å². The quantitative estimate of drug-likeness (QED) is 0.157. The first-order valence-electron chi connectivity index (χ1n) is 14.9. The summed E-state index contributed by atoms with van der Waals surface area (Å²) in [6.45, 7) is 3.42. The lowest BCUT2D eigenvalue weighted by Crippen LogP contribution is -2.52. The Labute approximate surface area is 257 Å². The number of nitrogens with one attached hydrogen (secondary N) is 5. The third kappa shape index (κ3) is 13.8. The van der Waals surface area contributed by atoms with E-state index in [1.807, 2.05) is 0 Å². The van der Waals surface area contributed by atoms with Gasteiger partial charge in [0.1, 0.15) is 6.04 Å².